The van der Waals surface area contributed by atoms with E-state index in [0.717, 1.165) is 36.9 Å². The van der Waals surface area contributed by atoms with Gasteiger partial charge in [-0.1, -0.05) is 6.07 Å². The Morgan fingerprint density at radius 2 is 2.12 bits per heavy atom. The molecule has 0 radical (unpaired) electrons. The third kappa shape index (κ3) is 2.52. The number of nitro groups is 1. The van der Waals surface area contributed by atoms with Gasteiger partial charge in [0.05, 0.1) is 12.0 Å². The molecular weight excluding hydrogens is 308 g/mol. The number of hydrogen-bond donors (Lipinski definition) is 1. The van der Waals surface area contributed by atoms with Crippen LogP contribution in [-0.4, -0.2) is 17.0 Å². The molecule has 1 aromatic heterocycles. The minimum absolute atomic E-state index is 0.140. The quantitative estimate of drug-likeness (QED) is 0.685. The number of nitrogens with two attached hydrogens (primary N) is 1. The Bertz CT molecular complexity index is 871. The van der Waals surface area contributed by atoms with E-state index in [-0.39, 0.29) is 22.8 Å². The lowest BCUT2D eigenvalue weighted by molar-refractivity contribution is -0.385. The summed E-state index contributed by atoms with van der Waals surface area (Å²) in [5, 5.41) is 20.8. The lowest BCUT2D eigenvalue weighted by Crippen LogP contribution is -2.12. The molecule has 0 amide bonds. The van der Waals surface area contributed by atoms with Gasteiger partial charge in [0.2, 0.25) is 0 Å². The van der Waals surface area contributed by atoms with Crippen LogP contribution in [0, 0.1) is 21.4 Å². The van der Waals surface area contributed by atoms with Gasteiger partial charge in [0.1, 0.15) is 17.5 Å². The highest BCUT2D eigenvalue weighted by molar-refractivity contribution is 5.81. The number of nitrogens with zero attached hydrogens (tertiary/aromatic N) is 3. The van der Waals surface area contributed by atoms with E-state index in [1.54, 1.807) is 12.1 Å². The summed E-state index contributed by atoms with van der Waals surface area (Å²) < 4.78 is 5.05. The van der Waals surface area contributed by atoms with Gasteiger partial charge in [-0.05, 0) is 42.9 Å². The van der Waals surface area contributed by atoms with Crippen LogP contribution < -0.4 is 10.5 Å². The molecule has 1 heterocycles. The van der Waals surface area contributed by atoms with Gasteiger partial charge < -0.3 is 10.5 Å². The number of ether oxygens (including phenoxy) is 1. The van der Waals surface area contributed by atoms with Gasteiger partial charge in [-0.15, -0.1) is 0 Å². The summed E-state index contributed by atoms with van der Waals surface area (Å²) in [4.78, 5) is 15.2. The molecule has 0 bridgehead atoms. The third-order valence-electron chi connectivity index (χ3n) is 4.28. The molecule has 0 saturated heterocycles. The normalized spacial score (nSPS) is 13.0. The summed E-state index contributed by atoms with van der Waals surface area (Å²) in [5.74, 6) is 0.352. The van der Waals surface area contributed by atoms with Crippen molar-refractivity contribution < 1.29 is 9.66 Å². The summed E-state index contributed by atoms with van der Waals surface area (Å²) in [6.45, 7) is 0. The molecule has 0 spiro atoms. The van der Waals surface area contributed by atoms with E-state index in [9.17, 15) is 15.4 Å². The topological polar surface area (TPSA) is 115 Å². The fraction of sp³-hybridized carbons (Fsp3) is 0.294. The Morgan fingerprint density at radius 1 is 1.38 bits per heavy atom. The molecule has 1 aliphatic carbocycles. The molecule has 0 fully saturated rings. The smallest absolute Gasteiger partial charge is 0.311 e. The number of methoxy groups -OCH3 is 1. The van der Waals surface area contributed by atoms with Gasteiger partial charge in [-0.2, -0.15) is 5.26 Å². The number of hydrogen-bond acceptors (Lipinski definition) is 6. The second-order valence-electron chi connectivity index (χ2n) is 5.63. The predicted molar refractivity (Wildman–Crippen MR) is 88.6 cm³/mol. The fourth-order valence-electron chi connectivity index (χ4n) is 3.18. The van der Waals surface area contributed by atoms with Crippen LogP contribution in [0.25, 0.3) is 11.1 Å². The molecule has 3 rings (SSSR count). The predicted octanol–water partition coefficient (Wildman–Crippen LogP) is 3.00. The SMILES string of the molecule is COc1ccc(-c2c(C#N)c(N)nc3c2CCCC3)cc1[N+](=O)[O-]. The standard InChI is InChI=1S/C17H16N4O3/c1-24-15-7-6-10(8-14(15)21(22)23)16-11-4-2-3-5-13(11)20-17(19)12(16)9-18/h6-8H,2-5H2,1H3,(H2,19,20). The van der Waals surface area contributed by atoms with Crippen molar-refractivity contribution in [3.05, 3.63) is 45.1 Å². The van der Waals surface area contributed by atoms with Gasteiger partial charge in [0, 0.05) is 17.3 Å². The average Bonchev–Trinajstić information content (AvgIpc) is 2.59. The number of pyridine rings is 1. The van der Waals surface area contributed by atoms with E-state index in [2.05, 4.69) is 11.1 Å². The number of aromatic nitrogens is 1. The zero-order valence-corrected chi connectivity index (χ0v) is 13.2. The molecule has 1 aliphatic rings. The summed E-state index contributed by atoms with van der Waals surface area (Å²) in [6.07, 6.45) is 3.60. The zero-order chi connectivity index (χ0) is 17.3. The van der Waals surface area contributed by atoms with E-state index in [0.29, 0.717) is 11.1 Å². The largest absolute Gasteiger partial charge is 0.490 e. The molecule has 2 N–H and O–H groups in total. The van der Waals surface area contributed by atoms with Crippen molar-refractivity contribution in [2.75, 3.05) is 12.8 Å². The highest BCUT2D eigenvalue weighted by Gasteiger charge is 2.24. The van der Waals surface area contributed by atoms with Crippen molar-refractivity contribution >= 4 is 11.5 Å². The van der Waals surface area contributed by atoms with E-state index >= 15 is 0 Å². The number of benzene rings is 1. The molecule has 0 unspecified atom stereocenters. The maximum absolute atomic E-state index is 11.3. The molecule has 1 aromatic carbocycles. The first-order chi connectivity index (χ1) is 11.6. The van der Waals surface area contributed by atoms with Crippen LogP contribution in [0.15, 0.2) is 18.2 Å². The van der Waals surface area contributed by atoms with Crippen molar-refractivity contribution in [2.45, 2.75) is 25.7 Å². The Balaban J connectivity index is 2.30. The molecule has 0 saturated carbocycles. The van der Waals surface area contributed by atoms with Crippen LogP contribution in [0.1, 0.15) is 29.7 Å². The van der Waals surface area contributed by atoms with Crippen LogP contribution in [0.2, 0.25) is 0 Å². The maximum Gasteiger partial charge on any atom is 0.311 e. The summed E-state index contributed by atoms with van der Waals surface area (Å²) in [5.41, 5.74) is 9.18. The first kappa shape index (κ1) is 15.7. The van der Waals surface area contributed by atoms with Crippen molar-refractivity contribution in [3.63, 3.8) is 0 Å². The Kier molecular flexibility index (Phi) is 4.04. The first-order valence-corrected chi connectivity index (χ1v) is 7.61. The molecule has 2 aromatic rings. The highest BCUT2D eigenvalue weighted by atomic mass is 16.6. The van der Waals surface area contributed by atoms with E-state index in [1.807, 2.05) is 0 Å². The molecule has 24 heavy (non-hydrogen) atoms. The van der Waals surface area contributed by atoms with E-state index < -0.39 is 4.92 Å². The number of aryl methyl sites for hydroxylation is 1. The van der Waals surface area contributed by atoms with Crippen LogP contribution in [0.3, 0.4) is 0 Å². The minimum Gasteiger partial charge on any atom is -0.490 e. The second kappa shape index (κ2) is 6.16. The first-order valence-electron chi connectivity index (χ1n) is 7.61. The van der Waals surface area contributed by atoms with Crippen LogP contribution in [-0.2, 0) is 12.8 Å². The van der Waals surface area contributed by atoms with Crippen molar-refractivity contribution in [1.82, 2.24) is 4.98 Å². The number of fused-ring (bicyclic) bond motifs is 1. The average molecular weight is 324 g/mol. The molecular formula is C17H16N4O3. The lowest BCUT2D eigenvalue weighted by atomic mass is 9.86. The van der Waals surface area contributed by atoms with Crippen molar-refractivity contribution in [3.8, 4) is 22.9 Å². The van der Waals surface area contributed by atoms with Gasteiger partial charge in [-0.25, -0.2) is 4.98 Å². The van der Waals surface area contributed by atoms with E-state index in [1.165, 1.54) is 13.2 Å². The minimum atomic E-state index is -0.495. The Hall–Kier alpha value is -3.14. The number of nitrogen functional groups attached to an aromatic ring is 1. The number of nitriles is 1. The van der Waals surface area contributed by atoms with Gasteiger partial charge in [0.25, 0.3) is 0 Å². The summed E-state index contributed by atoms with van der Waals surface area (Å²) in [7, 11) is 1.38. The monoisotopic (exact) mass is 324 g/mol. The third-order valence-corrected chi connectivity index (χ3v) is 4.28. The number of anilines is 1. The van der Waals surface area contributed by atoms with Gasteiger partial charge in [-0.3, -0.25) is 10.1 Å². The van der Waals surface area contributed by atoms with Crippen LogP contribution in [0.4, 0.5) is 11.5 Å². The van der Waals surface area contributed by atoms with Crippen LogP contribution in [0.5, 0.6) is 5.75 Å². The Labute approximate surface area is 138 Å². The number of rotatable bonds is 3. The Morgan fingerprint density at radius 3 is 2.79 bits per heavy atom. The lowest BCUT2D eigenvalue weighted by Gasteiger charge is -2.21. The summed E-state index contributed by atoms with van der Waals surface area (Å²) in [6, 6.07) is 6.80. The van der Waals surface area contributed by atoms with Crippen molar-refractivity contribution in [2.24, 2.45) is 0 Å². The fourth-order valence-corrected chi connectivity index (χ4v) is 3.18. The molecule has 0 atom stereocenters. The maximum atomic E-state index is 11.3. The molecule has 0 aliphatic heterocycles. The molecule has 7 heteroatoms. The van der Waals surface area contributed by atoms with Crippen molar-refractivity contribution in [1.29, 1.82) is 5.26 Å². The zero-order valence-electron chi connectivity index (χ0n) is 13.2. The molecule has 122 valence electrons. The number of nitro benzene ring substituents is 1. The summed E-state index contributed by atoms with van der Waals surface area (Å²) >= 11 is 0. The van der Waals surface area contributed by atoms with Gasteiger partial charge >= 0.3 is 5.69 Å². The highest BCUT2D eigenvalue weighted by Crippen LogP contribution is 2.39. The van der Waals surface area contributed by atoms with E-state index in [4.69, 9.17) is 10.5 Å². The van der Waals surface area contributed by atoms with Crippen LogP contribution >= 0.6 is 0 Å². The molecule has 7 nitrogen and oxygen atoms in total. The second-order valence-corrected chi connectivity index (χ2v) is 5.63. The van der Waals surface area contributed by atoms with Gasteiger partial charge in [0.15, 0.2) is 5.75 Å².